The fourth-order valence-electron chi connectivity index (χ4n) is 3.92. The molecule has 0 aliphatic heterocycles. The maximum atomic E-state index is 12.9. The van der Waals surface area contributed by atoms with Gasteiger partial charge in [0.25, 0.3) is 5.91 Å². The summed E-state index contributed by atoms with van der Waals surface area (Å²) < 4.78 is 4.10. The summed E-state index contributed by atoms with van der Waals surface area (Å²) in [5, 5.41) is 3.11. The first-order chi connectivity index (χ1) is 13.0. The summed E-state index contributed by atoms with van der Waals surface area (Å²) in [6.45, 7) is 4.15. The molecule has 4 rings (SSSR count). The highest BCUT2D eigenvalue weighted by atomic mass is 16.1. The van der Waals surface area contributed by atoms with Crippen molar-refractivity contribution in [1.29, 1.82) is 0 Å². The van der Waals surface area contributed by atoms with Crippen LogP contribution in [0.4, 0.5) is 0 Å². The zero-order chi connectivity index (χ0) is 19.0. The Morgan fingerprint density at radius 2 is 2.00 bits per heavy atom. The van der Waals surface area contributed by atoms with Crippen molar-refractivity contribution in [2.45, 2.75) is 51.6 Å². The lowest BCUT2D eigenvalue weighted by atomic mass is 10.0. The fraction of sp³-hybridized carbons (Fsp3) is 0.500. The highest BCUT2D eigenvalue weighted by Crippen LogP contribution is 2.31. The van der Waals surface area contributed by atoms with Gasteiger partial charge in [-0.25, -0.2) is 15.0 Å². The number of nitrogens with zero attached hydrogens (tertiary/aromatic N) is 5. The van der Waals surface area contributed by atoms with Crippen molar-refractivity contribution in [3.8, 4) is 0 Å². The van der Waals surface area contributed by atoms with Crippen molar-refractivity contribution in [3.05, 3.63) is 42.4 Å². The van der Waals surface area contributed by atoms with E-state index >= 15 is 0 Å². The van der Waals surface area contributed by atoms with Crippen LogP contribution in [0.25, 0.3) is 11.2 Å². The first-order valence-electron chi connectivity index (χ1n) is 9.65. The van der Waals surface area contributed by atoms with Gasteiger partial charge >= 0.3 is 0 Å². The molecular weight excluding hydrogens is 340 g/mol. The number of carbonyl (C=O) groups is 1. The number of aryl methyl sites for hydroxylation is 1. The third-order valence-electron chi connectivity index (χ3n) is 5.48. The minimum atomic E-state index is -0.163. The van der Waals surface area contributed by atoms with E-state index in [0.29, 0.717) is 11.6 Å². The number of aromatic nitrogens is 5. The molecule has 1 aliphatic carbocycles. The minimum absolute atomic E-state index is 0.151. The fourth-order valence-corrected chi connectivity index (χ4v) is 3.92. The maximum absolute atomic E-state index is 12.9. The number of fused-ring (bicyclic) bond motifs is 1. The van der Waals surface area contributed by atoms with Gasteiger partial charge in [-0.05, 0) is 24.8 Å². The lowest BCUT2D eigenvalue weighted by Gasteiger charge is -2.22. The second-order valence-electron chi connectivity index (χ2n) is 7.75. The normalized spacial score (nSPS) is 16.3. The van der Waals surface area contributed by atoms with E-state index in [1.165, 1.54) is 25.7 Å². The van der Waals surface area contributed by atoms with Crippen LogP contribution in [0.2, 0.25) is 0 Å². The molecule has 7 nitrogen and oxygen atoms in total. The Bertz CT molecular complexity index is 950. The summed E-state index contributed by atoms with van der Waals surface area (Å²) in [7, 11) is 1.94. The van der Waals surface area contributed by atoms with Crippen LogP contribution in [0.3, 0.4) is 0 Å². The molecule has 1 N–H and O–H groups in total. The average molecular weight is 366 g/mol. The Balaban J connectivity index is 1.58. The first kappa shape index (κ1) is 17.7. The first-order valence-corrected chi connectivity index (χ1v) is 9.65. The zero-order valence-electron chi connectivity index (χ0n) is 16.1. The second kappa shape index (κ2) is 7.13. The van der Waals surface area contributed by atoms with Crippen LogP contribution in [-0.4, -0.2) is 30.0 Å². The van der Waals surface area contributed by atoms with Gasteiger partial charge in [0.15, 0.2) is 5.65 Å². The Hall–Kier alpha value is -2.70. The number of rotatable bonds is 5. The van der Waals surface area contributed by atoms with Crippen molar-refractivity contribution in [3.63, 3.8) is 0 Å². The summed E-state index contributed by atoms with van der Waals surface area (Å²) in [6.07, 6.45) is 12.0. The maximum Gasteiger partial charge on any atom is 0.253 e. The Morgan fingerprint density at radius 1 is 1.22 bits per heavy atom. The van der Waals surface area contributed by atoms with Crippen molar-refractivity contribution in [1.82, 2.24) is 29.4 Å². The van der Waals surface area contributed by atoms with Crippen molar-refractivity contribution >= 4 is 17.1 Å². The van der Waals surface area contributed by atoms with Gasteiger partial charge < -0.3 is 14.5 Å². The van der Waals surface area contributed by atoms with Gasteiger partial charge in [-0.3, -0.25) is 4.79 Å². The molecule has 1 aliphatic rings. The molecule has 1 saturated carbocycles. The predicted octanol–water partition coefficient (Wildman–Crippen LogP) is 3.41. The number of amides is 1. The van der Waals surface area contributed by atoms with Gasteiger partial charge in [-0.15, -0.1) is 0 Å². The van der Waals surface area contributed by atoms with Crippen molar-refractivity contribution < 1.29 is 4.79 Å². The van der Waals surface area contributed by atoms with Gasteiger partial charge in [-0.1, -0.05) is 26.7 Å². The number of carbonyl (C=O) groups excluding carboxylic acids is 1. The molecule has 1 unspecified atom stereocenters. The molecule has 0 radical (unpaired) electrons. The number of pyridine rings is 1. The summed E-state index contributed by atoms with van der Waals surface area (Å²) in [5.41, 5.74) is 2.16. The Labute approximate surface area is 158 Å². The summed E-state index contributed by atoms with van der Waals surface area (Å²) in [5.74, 6) is 0.910. The molecule has 27 heavy (non-hydrogen) atoms. The topological polar surface area (TPSA) is 77.6 Å². The largest absolute Gasteiger partial charge is 0.342 e. The van der Waals surface area contributed by atoms with E-state index in [1.807, 2.05) is 30.2 Å². The van der Waals surface area contributed by atoms with Crippen LogP contribution < -0.4 is 5.32 Å². The number of hydrogen-bond acceptors (Lipinski definition) is 4. The second-order valence-corrected chi connectivity index (χ2v) is 7.75. The van der Waals surface area contributed by atoms with E-state index in [1.54, 1.807) is 12.4 Å². The van der Waals surface area contributed by atoms with Gasteiger partial charge in [0, 0.05) is 31.7 Å². The van der Waals surface area contributed by atoms with Crippen LogP contribution in [0.5, 0.6) is 0 Å². The Kier molecular flexibility index (Phi) is 4.68. The molecule has 1 atom stereocenters. The number of hydrogen-bond donors (Lipinski definition) is 1. The minimum Gasteiger partial charge on any atom is -0.342 e. The average Bonchev–Trinajstić information content (AvgIpc) is 3.39. The van der Waals surface area contributed by atoms with Crippen LogP contribution in [0.1, 0.15) is 67.8 Å². The molecular formula is C20H26N6O. The Morgan fingerprint density at radius 3 is 2.67 bits per heavy atom. The number of imidazole rings is 2. The standard InChI is InChI=1S/C20H26N6O/c1-13(2)17(19-21-8-9-25(19)3)24-20(27)14-10-16-18(22-11-14)26(12-23-16)15-6-4-5-7-15/h8-13,15,17H,4-7H2,1-3H3,(H,24,27). The van der Waals surface area contributed by atoms with E-state index in [0.717, 1.165) is 17.0 Å². The molecule has 1 fully saturated rings. The molecule has 142 valence electrons. The van der Waals surface area contributed by atoms with Gasteiger partial charge in [0.05, 0.1) is 17.9 Å². The third kappa shape index (κ3) is 3.34. The summed E-state index contributed by atoms with van der Waals surface area (Å²) in [6, 6.07) is 2.15. The molecule has 7 heteroatoms. The van der Waals surface area contributed by atoms with E-state index in [-0.39, 0.29) is 17.9 Å². The number of nitrogens with one attached hydrogen (secondary N) is 1. The molecule has 0 saturated heterocycles. The molecule has 1 amide bonds. The summed E-state index contributed by atoms with van der Waals surface area (Å²) >= 11 is 0. The predicted molar refractivity (Wildman–Crippen MR) is 103 cm³/mol. The van der Waals surface area contributed by atoms with Crippen LogP contribution in [-0.2, 0) is 7.05 Å². The van der Waals surface area contributed by atoms with Gasteiger partial charge in [0.1, 0.15) is 11.3 Å². The van der Waals surface area contributed by atoms with Crippen LogP contribution in [0, 0.1) is 5.92 Å². The van der Waals surface area contributed by atoms with Crippen LogP contribution in [0.15, 0.2) is 31.0 Å². The quantitative estimate of drug-likeness (QED) is 0.751. The van der Waals surface area contributed by atoms with Gasteiger partial charge in [0.2, 0.25) is 0 Å². The molecule has 0 aromatic carbocycles. The highest BCUT2D eigenvalue weighted by molar-refractivity contribution is 5.96. The third-order valence-corrected chi connectivity index (χ3v) is 5.48. The van der Waals surface area contributed by atoms with E-state index in [2.05, 4.69) is 38.7 Å². The van der Waals surface area contributed by atoms with Gasteiger partial charge in [-0.2, -0.15) is 0 Å². The monoisotopic (exact) mass is 366 g/mol. The van der Waals surface area contributed by atoms with Crippen LogP contribution >= 0.6 is 0 Å². The zero-order valence-corrected chi connectivity index (χ0v) is 16.1. The molecule has 3 aromatic rings. The van der Waals surface area contributed by atoms with Crippen molar-refractivity contribution in [2.24, 2.45) is 13.0 Å². The molecule has 3 aromatic heterocycles. The SMILES string of the molecule is CC(C)C(NC(=O)c1cnc2c(c1)ncn2C1CCCC1)c1nccn1C. The lowest BCUT2D eigenvalue weighted by Crippen LogP contribution is -2.33. The smallest absolute Gasteiger partial charge is 0.253 e. The molecule has 0 bridgehead atoms. The summed E-state index contributed by atoms with van der Waals surface area (Å²) in [4.78, 5) is 26.3. The van der Waals surface area contributed by atoms with E-state index in [4.69, 9.17) is 0 Å². The molecule has 3 heterocycles. The van der Waals surface area contributed by atoms with E-state index < -0.39 is 0 Å². The van der Waals surface area contributed by atoms with Crippen molar-refractivity contribution in [2.75, 3.05) is 0 Å². The van der Waals surface area contributed by atoms with E-state index in [9.17, 15) is 4.79 Å². The molecule has 0 spiro atoms. The lowest BCUT2D eigenvalue weighted by molar-refractivity contribution is 0.0922. The highest BCUT2D eigenvalue weighted by Gasteiger charge is 2.24.